The van der Waals surface area contributed by atoms with E-state index in [9.17, 15) is 23.9 Å². The molecule has 0 saturated heterocycles. The summed E-state index contributed by atoms with van der Waals surface area (Å²) in [5.74, 6) is -3.05. The van der Waals surface area contributed by atoms with Gasteiger partial charge < -0.3 is 15.7 Å². The number of benzene rings is 2. The SMILES string of the molecule is CC(=O)N[C@@H](Cc1ccccc1F)C(=O)N[C@@H](Cc1cccc(C#N)c1)C(=O)O. The van der Waals surface area contributed by atoms with Gasteiger partial charge in [0.2, 0.25) is 11.8 Å². The van der Waals surface area contributed by atoms with Gasteiger partial charge >= 0.3 is 5.97 Å². The lowest BCUT2D eigenvalue weighted by Crippen LogP contribution is -2.52. The fraction of sp³-hybridized carbons (Fsp3) is 0.238. The number of aliphatic carboxylic acids is 1. The molecular weight excluding hydrogens is 377 g/mol. The van der Waals surface area contributed by atoms with Gasteiger partial charge in [0.05, 0.1) is 11.6 Å². The number of carboxylic acid groups (broad SMARTS) is 1. The minimum Gasteiger partial charge on any atom is -0.480 e. The Hall–Kier alpha value is -3.73. The van der Waals surface area contributed by atoms with E-state index in [-0.39, 0.29) is 18.4 Å². The molecule has 0 aromatic heterocycles. The topological polar surface area (TPSA) is 119 Å². The number of halogens is 1. The molecule has 2 amide bonds. The molecule has 2 aromatic rings. The van der Waals surface area contributed by atoms with Crippen LogP contribution in [0.5, 0.6) is 0 Å². The van der Waals surface area contributed by atoms with Crippen molar-refractivity contribution in [2.45, 2.75) is 31.8 Å². The number of carbonyl (C=O) groups excluding carboxylic acids is 2. The van der Waals surface area contributed by atoms with Gasteiger partial charge in [-0.2, -0.15) is 5.26 Å². The van der Waals surface area contributed by atoms with Crippen LogP contribution in [0.2, 0.25) is 0 Å². The smallest absolute Gasteiger partial charge is 0.326 e. The van der Waals surface area contributed by atoms with E-state index in [0.29, 0.717) is 11.1 Å². The van der Waals surface area contributed by atoms with Crippen molar-refractivity contribution in [3.8, 4) is 6.07 Å². The molecule has 2 aromatic carbocycles. The van der Waals surface area contributed by atoms with Crippen molar-refractivity contribution >= 4 is 17.8 Å². The second-order valence-corrected chi connectivity index (χ2v) is 6.46. The Labute approximate surface area is 167 Å². The van der Waals surface area contributed by atoms with E-state index in [1.54, 1.807) is 24.3 Å². The van der Waals surface area contributed by atoms with Gasteiger partial charge in [0.25, 0.3) is 0 Å². The molecule has 29 heavy (non-hydrogen) atoms. The number of nitrogens with zero attached hydrogens (tertiary/aromatic N) is 1. The Bertz CT molecular complexity index is 955. The molecule has 2 atom stereocenters. The van der Waals surface area contributed by atoms with Crippen molar-refractivity contribution in [2.75, 3.05) is 0 Å². The van der Waals surface area contributed by atoms with Gasteiger partial charge in [0.1, 0.15) is 17.9 Å². The van der Waals surface area contributed by atoms with E-state index < -0.39 is 35.7 Å². The normalized spacial score (nSPS) is 12.3. The van der Waals surface area contributed by atoms with Crippen LogP contribution in [0.4, 0.5) is 4.39 Å². The molecule has 8 heteroatoms. The number of carboxylic acids is 1. The Kier molecular flexibility index (Phi) is 7.43. The summed E-state index contributed by atoms with van der Waals surface area (Å²) in [6.45, 7) is 1.21. The molecule has 0 unspecified atom stereocenters. The van der Waals surface area contributed by atoms with Gasteiger partial charge in [-0.05, 0) is 29.3 Å². The third kappa shape index (κ3) is 6.43. The molecule has 2 rings (SSSR count). The lowest BCUT2D eigenvalue weighted by Gasteiger charge is -2.21. The van der Waals surface area contributed by atoms with Crippen LogP contribution in [-0.2, 0) is 27.2 Å². The van der Waals surface area contributed by atoms with E-state index in [1.165, 1.54) is 31.2 Å². The van der Waals surface area contributed by atoms with E-state index >= 15 is 0 Å². The van der Waals surface area contributed by atoms with E-state index in [4.69, 9.17) is 5.26 Å². The monoisotopic (exact) mass is 397 g/mol. The lowest BCUT2D eigenvalue weighted by molar-refractivity contribution is -0.142. The van der Waals surface area contributed by atoms with Crippen LogP contribution in [0.1, 0.15) is 23.6 Å². The first-order valence-corrected chi connectivity index (χ1v) is 8.83. The fourth-order valence-corrected chi connectivity index (χ4v) is 2.81. The summed E-state index contributed by atoms with van der Waals surface area (Å²) in [6, 6.07) is 11.7. The summed E-state index contributed by atoms with van der Waals surface area (Å²) in [6.07, 6.45) is -0.183. The zero-order valence-corrected chi connectivity index (χ0v) is 15.7. The third-order valence-corrected chi connectivity index (χ3v) is 4.19. The van der Waals surface area contributed by atoms with Crippen LogP contribution in [0.3, 0.4) is 0 Å². The van der Waals surface area contributed by atoms with Crippen LogP contribution >= 0.6 is 0 Å². The minimum atomic E-state index is -1.28. The van der Waals surface area contributed by atoms with Crippen LogP contribution in [0.15, 0.2) is 48.5 Å². The molecular formula is C21H20FN3O4. The van der Waals surface area contributed by atoms with Gasteiger partial charge in [-0.25, -0.2) is 9.18 Å². The Balaban J connectivity index is 2.17. The first kappa shape index (κ1) is 21.6. The summed E-state index contributed by atoms with van der Waals surface area (Å²) < 4.78 is 13.9. The Morgan fingerprint density at radius 1 is 1.07 bits per heavy atom. The molecule has 0 radical (unpaired) electrons. The largest absolute Gasteiger partial charge is 0.480 e. The number of amides is 2. The number of rotatable bonds is 8. The molecule has 0 bridgehead atoms. The fourth-order valence-electron chi connectivity index (χ4n) is 2.81. The van der Waals surface area contributed by atoms with Crippen LogP contribution in [-0.4, -0.2) is 35.0 Å². The number of nitriles is 1. The highest BCUT2D eigenvalue weighted by atomic mass is 19.1. The molecule has 0 fully saturated rings. The van der Waals surface area contributed by atoms with Crippen LogP contribution in [0, 0.1) is 17.1 Å². The molecule has 0 heterocycles. The lowest BCUT2D eigenvalue weighted by atomic mass is 10.0. The number of hydrogen-bond donors (Lipinski definition) is 3. The summed E-state index contributed by atoms with van der Waals surface area (Å²) in [4.78, 5) is 35.8. The van der Waals surface area contributed by atoms with Crippen molar-refractivity contribution < 1.29 is 23.9 Å². The molecule has 7 nitrogen and oxygen atoms in total. The number of carbonyl (C=O) groups is 3. The quantitative estimate of drug-likeness (QED) is 0.624. The standard InChI is InChI=1S/C21H20FN3O4/c1-13(26)24-18(11-16-7-2-3-8-17(16)22)20(27)25-19(21(28)29)10-14-5-4-6-15(9-14)12-23/h2-9,18-19H,10-11H2,1H3,(H,24,26)(H,25,27)(H,28,29)/t18-,19-/m0/s1. The third-order valence-electron chi connectivity index (χ3n) is 4.19. The number of nitrogens with one attached hydrogen (secondary N) is 2. The van der Waals surface area contributed by atoms with Crippen LogP contribution in [0.25, 0.3) is 0 Å². The summed E-state index contributed by atoms with van der Waals surface area (Å²) in [5.41, 5.74) is 1.14. The van der Waals surface area contributed by atoms with Crippen molar-refractivity contribution in [3.05, 3.63) is 71.0 Å². The Morgan fingerprint density at radius 3 is 2.41 bits per heavy atom. The molecule has 0 aliphatic carbocycles. The Morgan fingerprint density at radius 2 is 1.79 bits per heavy atom. The van der Waals surface area contributed by atoms with Crippen molar-refractivity contribution in [3.63, 3.8) is 0 Å². The summed E-state index contributed by atoms with van der Waals surface area (Å²) >= 11 is 0. The summed E-state index contributed by atoms with van der Waals surface area (Å²) in [7, 11) is 0. The molecule has 0 saturated carbocycles. The van der Waals surface area contributed by atoms with Gasteiger partial charge in [-0.1, -0.05) is 30.3 Å². The second-order valence-electron chi connectivity index (χ2n) is 6.46. The maximum Gasteiger partial charge on any atom is 0.326 e. The van der Waals surface area contributed by atoms with Gasteiger partial charge in [-0.3, -0.25) is 9.59 Å². The van der Waals surface area contributed by atoms with Crippen LogP contribution < -0.4 is 10.6 Å². The predicted molar refractivity (Wildman–Crippen MR) is 102 cm³/mol. The maximum atomic E-state index is 13.9. The van der Waals surface area contributed by atoms with Crippen molar-refractivity contribution in [1.29, 1.82) is 5.26 Å². The minimum absolute atomic E-state index is 0.0525. The second kappa shape index (κ2) is 9.99. The maximum absolute atomic E-state index is 13.9. The molecule has 0 spiro atoms. The first-order chi connectivity index (χ1) is 13.8. The molecule has 3 N–H and O–H groups in total. The number of hydrogen-bond acceptors (Lipinski definition) is 4. The molecule has 0 aliphatic rings. The van der Waals surface area contributed by atoms with Crippen molar-refractivity contribution in [2.24, 2.45) is 0 Å². The summed E-state index contributed by atoms with van der Waals surface area (Å²) in [5, 5.41) is 23.3. The predicted octanol–water partition coefficient (Wildman–Crippen LogP) is 1.56. The zero-order chi connectivity index (χ0) is 21.4. The molecule has 0 aliphatic heterocycles. The van der Waals surface area contributed by atoms with Gasteiger partial charge in [0, 0.05) is 19.8 Å². The highest BCUT2D eigenvalue weighted by Gasteiger charge is 2.27. The highest BCUT2D eigenvalue weighted by molar-refractivity contribution is 5.90. The van der Waals surface area contributed by atoms with E-state index in [0.717, 1.165) is 0 Å². The van der Waals surface area contributed by atoms with E-state index in [1.807, 2.05) is 6.07 Å². The zero-order valence-electron chi connectivity index (χ0n) is 15.7. The van der Waals surface area contributed by atoms with Crippen molar-refractivity contribution in [1.82, 2.24) is 10.6 Å². The van der Waals surface area contributed by atoms with E-state index in [2.05, 4.69) is 10.6 Å². The first-order valence-electron chi connectivity index (χ1n) is 8.83. The average Bonchev–Trinajstić information content (AvgIpc) is 2.68. The van der Waals surface area contributed by atoms with Gasteiger partial charge in [-0.15, -0.1) is 0 Å². The average molecular weight is 397 g/mol. The highest BCUT2D eigenvalue weighted by Crippen LogP contribution is 2.11. The molecule has 150 valence electrons. The van der Waals surface area contributed by atoms with Gasteiger partial charge in [0.15, 0.2) is 0 Å².